The fraction of sp³-hybridized carbons (Fsp3) is 0.429. The standard InChI is InChI=1S/C7H8Cl3N3/c8-7(9,10)6-12-3-5(1-2-11)4-13-6/h3-4H,1-2,11H2. The van der Waals surface area contributed by atoms with E-state index in [0.29, 0.717) is 6.54 Å². The van der Waals surface area contributed by atoms with Gasteiger partial charge in [-0.3, -0.25) is 0 Å². The molecule has 0 saturated carbocycles. The summed E-state index contributed by atoms with van der Waals surface area (Å²) < 4.78 is -1.55. The zero-order valence-corrected chi connectivity index (χ0v) is 8.94. The van der Waals surface area contributed by atoms with E-state index in [0.717, 1.165) is 12.0 Å². The lowest BCUT2D eigenvalue weighted by atomic mass is 10.2. The fourth-order valence-electron chi connectivity index (χ4n) is 0.797. The molecule has 0 aliphatic rings. The molecule has 1 aromatic rings. The monoisotopic (exact) mass is 239 g/mol. The zero-order valence-electron chi connectivity index (χ0n) is 6.67. The van der Waals surface area contributed by atoms with Gasteiger partial charge in [0, 0.05) is 12.4 Å². The first-order valence-corrected chi connectivity index (χ1v) is 4.75. The summed E-state index contributed by atoms with van der Waals surface area (Å²) in [4.78, 5) is 7.81. The molecular weight excluding hydrogens is 232 g/mol. The molecule has 0 atom stereocenters. The van der Waals surface area contributed by atoms with Crippen molar-refractivity contribution in [3.8, 4) is 0 Å². The molecule has 0 aliphatic carbocycles. The van der Waals surface area contributed by atoms with Crippen LogP contribution in [0.3, 0.4) is 0 Å². The molecule has 1 aromatic heterocycles. The van der Waals surface area contributed by atoms with Crippen molar-refractivity contribution in [2.24, 2.45) is 5.73 Å². The van der Waals surface area contributed by atoms with Gasteiger partial charge in [0.25, 0.3) is 0 Å². The minimum Gasteiger partial charge on any atom is -0.330 e. The number of halogens is 3. The summed E-state index contributed by atoms with van der Waals surface area (Å²) in [6.45, 7) is 0.552. The molecule has 1 heterocycles. The maximum Gasteiger partial charge on any atom is 0.250 e. The minimum atomic E-state index is -1.55. The number of hydrogen-bond acceptors (Lipinski definition) is 3. The molecule has 72 valence electrons. The third-order valence-electron chi connectivity index (χ3n) is 1.39. The van der Waals surface area contributed by atoms with Crippen molar-refractivity contribution in [1.29, 1.82) is 0 Å². The second kappa shape index (κ2) is 4.42. The van der Waals surface area contributed by atoms with Crippen LogP contribution in [0.4, 0.5) is 0 Å². The highest BCUT2D eigenvalue weighted by Gasteiger charge is 2.25. The largest absolute Gasteiger partial charge is 0.330 e. The predicted molar refractivity (Wildman–Crippen MR) is 54.0 cm³/mol. The van der Waals surface area contributed by atoms with Gasteiger partial charge in [0.1, 0.15) is 0 Å². The highest BCUT2D eigenvalue weighted by Crippen LogP contribution is 2.35. The molecule has 0 amide bonds. The highest BCUT2D eigenvalue weighted by atomic mass is 35.6. The zero-order chi connectivity index (χ0) is 9.90. The third-order valence-corrected chi connectivity index (χ3v) is 1.90. The molecule has 13 heavy (non-hydrogen) atoms. The Bertz CT molecular complexity index is 267. The summed E-state index contributed by atoms with van der Waals surface area (Å²) >= 11 is 16.7. The Morgan fingerprint density at radius 2 is 1.77 bits per heavy atom. The van der Waals surface area contributed by atoms with Crippen molar-refractivity contribution < 1.29 is 0 Å². The molecule has 0 spiro atoms. The van der Waals surface area contributed by atoms with Gasteiger partial charge in [-0.05, 0) is 18.5 Å². The normalized spacial score (nSPS) is 11.7. The summed E-state index contributed by atoms with van der Waals surface area (Å²) in [6, 6.07) is 0. The summed E-state index contributed by atoms with van der Waals surface area (Å²) in [6.07, 6.45) is 3.94. The summed E-state index contributed by atoms with van der Waals surface area (Å²) in [5.41, 5.74) is 6.28. The number of rotatable bonds is 2. The molecule has 0 radical (unpaired) electrons. The van der Waals surface area contributed by atoms with E-state index in [4.69, 9.17) is 40.5 Å². The van der Waals surface area contributed by atoms with Gasteiger partial charge in [-0.25, -0.2) is 9.97 Å². The predicted octanol–water partition coefficient (Wildman–Crippen LogP) is 1.80. The van der Waals surface area contributed by atoms with Gasteiger partial charge in [-0.1, -0.05) is 34.8 Å². The molecule has 0 bridgehead atoms. The van der Waals surface area contributed by atoms with E-state index in [1.807, 2.05) is 0 Å². The highest BCUT2D eigenvalue weighted by molar-refractivity contribution is 6.66. The summed E-state index contributed by atoms with van der Waals surface area (Å²) in [7, 11) is 0. The van der Waals surface area contributed by atoms with Gasteiger partial charge in [0.05, 0.1) is 0 Å². The van der Waals surface area contributed by atoms with E-state index in [-0.39, 0.29) is 5.82 Å². The minimum absolute atomic E-state index is 0.179. The van der Waals surface area contributed by atoms with E-state index in [2.05, 4.69) is 9.97 Å². The van der Waals surface area contributed by atoms with Crippen LogP contribution in [0.2, 0.25) is 0 Å². The second-order valence-electron chi connectivity index (χ2n) is 2.45. The molecule has 0 unspecified atom stereocenters. The first-order valence-electron chi connectivity index (χ1n) is 3.62. The van der Waals surface area contributed by atoms with Crippen LogP contribution in [0.15, 0.2) is 12.4 Å². The van der Waals surface area contributed by atoms with Crippen molar-refractivity contribution >= 4 is 34.8 Å². The number of alkyl halides is 3. The average Bonchev–Trinajstić information content (AvgIpc) is 2.04. The molecule has 3 nitrogen and oxygen atoms in total. The third kappa shape index (κ3) is 3.27. The quantitative estimate of drug-likeness (QED) is 0.802. The van der Waals surface area contributed by atoms with Crippen LogP contribution in [-0.2, 0) is 10.2 Å². The number of nitrogens with zero attached hydrogens (tertiary/aromatic N) is 2. The van der Waals surface area contributed by atoms with Crippen molar-refractivity contribution in [3.63, 3.8) is 0 Å². The molecule has 0 saturated heterocycles. The molecule has 2 N–H and O–H groups in total. The van der Waals surface area contributed by atoms with Crippen LogP contribution in [0.5, 0.6) is 0 Å². The summed E-state index contributed by atoms with van der Waals surface area (Å²) in [5, 5.41) is 0. The van der Waals surface area contributed by atoms with Crippen molar-refractivity contribution in [3.05, 3.63) is 23.8 Å². The smallest absolute Gasteiger partial charge is 0.250 e. The average molecular weight is 241 g/mol. The van der Waals surface area contributed by atoms with Crippen molar-refractivity contribution in [1.82, 2.24) is 9.97 Å². The van der Waals surface area contributed by atoms with Crippen LogP contribution in [0, 0.1) is 0 Å². The lowest BCUT2D eigenvalue weighted by Gasteiger charge is -2.08. The van der Waals surface area contributed by atoms with E-state index >= 15 is 0 Å². The molecular formula is C7H8Cl3N3. The Hall–Kier alpha value is -0.0900. The summed E-state index contributed by atoms with van der Waals surface area (Å²) in [5.74, 6) is 0.179. The maximum atomic E-state index is 5.57. The molecule has 0 fully saturated rings. The van der Waals surface area contributed by atoms with Crippen molar-refractivity contribution in [2.75, 3.05) is 6.54 Å². The maximum absolute atomic E-state index is 5.57. The van der Waals surface area contributed by atoms with E-state index in [9.17, 15) is 0 Å². The van der Waals surface area contributed by atoms with Gasteiger partial charge in [-0.2, -0.15) is 0 Å². The molecule has 0 aromatic carbocycles. The SMILES string of the molecule is NCCc1cnc(C(Cl)(Cl)Cl)nc1. The van der Waals surface area contributed by atoms with Crippen molar-refractivity contribution in [2.45, 2.75) is 10.2 Å². The Morgan fingerprint density at radius 3 is 2.15 bits per heavy atom. The van der Waals surface area contributed by atoms with E-state index in [1.165, 1.54) is 0 Å². The Kier molecular flexibility index (Phi) is 3.74. The van der Waals surface area contributed by atoms with Crippen LogP contribution < -0.4 is 5.73 Å². The van der Waals surface area contributed by atoms with Crippen LogP contribution in [0.1, 0.15) is 11.4 Å². The Labute approximate surface area is 91.2 Å². The van der Waals surface area contributed by atoms with Crippen LogP contribution in [-0.4, -0.2) is 16.5 Å². The van der Waals surface area contributed by atoms with E-state index < -0.39 is 3.79 Å². The molecule has 0 aliphatic heterocycles. The van der Waals surface area contributed by atoms with Gasteiger partial charge in [-0.15, -0.1) is 0 Å². The second-order valence-corrected chi connectivity index (χ2v) is 4.73. The lowest BCUT2D eigenvalue weighted by molar-refractivity contribution is 0.900. The number of nitrogens with two attached hydrogens (primary N) is 1. The fourth-order valence-corrected chi connectivity index (χ4v) is 1.09. The van der Waals surface area contributed by atoms with Crippen LogP contribution in [0.25, 0.3) is 0 Å². The Balaban J connectivity index is 2.81. The van der Waals surface area contributed by atoms with Gasteiger partial charge in [0.2, 0.25) is 3.79 Å². The topological polar surface area (TPSA) is 51.8 Å². The number of hydrogen-bond donors (Lipinski definition) is 1. The van der Waals surface area contributed by atoms with Gasteiger partial charge >= 0.3 is 0 Å². The first-order chi connectivity index (χ1) is 6.04. The van der Waals surface area contributed by atoms with Gasteiger partial charge < -0.3 is 5.73 Å². The number of aromatic nitrogens is 2. The molecule has 6 heteroatoms. The van der Waals surface area contributed by atoms with E-state index in [1.54, 1.807) is 12.4 Å². The lowest BCUT2D eigenvalue weighted by Crippen LogP contribution is -2.09. The first kappa shape index (κ1) is 11.0. The molecule has 1 rings (SSSR count). The Morgan fingerprint density at radius 1 is 1.23 bits per heavy atom. The van der Waals surface area contributed by atoms with Crippen LogP contribution >= 0.6 is 34.8 Å². The van der Waals surface area contributed by atoms with Gasteiger partial charge in [0.15, 0.2) is 5.82 Å².